The molecule has 198 valence electrons. The minimum atomic E-state index is -4.53. The number of nitrogens with zero attached hydrogens (tertiary/aromatic N) is 3. The van der Waals surface area contributed by atoms with E-state index in [0.29, 0.717) is 39.9 Å². The summed E-state index contributed by atoms with van der Waals surface area (Å²) in [6.45, 7) is 1.76. The molecular weight excluding hydrogens is 510 g/mol. The van der Waals surface area contributed by atoms with Crippen molar-refractivity contribution in [1.82, 2.24) is 9.97 Å². The zero-order valence-electron chi connectivity index (χ0n) is 20.8. The molecule has 2 aromatic carbocycles. The Balaban J connectivity index is 1.42. The summed E-state index contributed by atoms with van der Waals surface area (Å²) in [6, 6.07) is 19.1. The normalized spacial score (nSPS) is 15.9. The van der Waals surface area contributed by atoms with Crippen LogP contribution in [0.15, 0.2) is 90.3 Å². The van der Waals surface area contributed by atoms with Gasteiger partial charge in [0.2, 0.25) is 0 Å². The smallest absolute Gasteiger partial charge is 0.385 e. The first-order chi connectivity index (χ1) is 18.7. The molecular formula is C30H23F4N3O2. The van der Waals surface area contributed by atoms with Gasteiger partial charge in [0.25, 0.3) is 0 Å². The zero-order chi connectivity index (χ0) is 27.6. The number of carbonyl (C=O) groups excluding carboxylic acids is 1. The molecule has 5 rings (SSSR count). The fourth-order valence-corrected chi connectivity index (χ4v) is 4.42. The predicted molar refractivity (Wildman–Crippen MR) is 138 cm³/mol. The first kappa shape index (κ1) is 26.2. The number of carbonyl (C=O) groups is 1. The van der Waals surface area contributed by atoms with E-state index in [0.717, 1.165) is 18.0 Å². The van der Waals surface area contributed by atoms with Gasteiger partial charge in [-0.25, -0.2) is 4.39 Å². The van der Waals surface area contributed by atoms with Crippen LogP contribution in [0.25, 0.3) is 11.1 Å². The van der Waals surface area contributed by atoms with E-state index < -0.39 is 11.9 Å². The molecule has 0 aliphatic carbocycles. The molecule has 1 unspecified atom stereocenters. The van der Waals surface area contributed by atoms with Crippen molar-refractivity contribution in [2.45, 2.75) is 38.0 Å². The number of alkyl halides is 3. The van der Waals surface area contributed by atoms with E-state index in [1.807, 2.05) is 24.3 Å². The van der Waals surface area contributed by atoms with Crippen molar-refractivity contribution in [1.29, 1.82) is 0 Å². The zero-order valence-corrected chi connectivity index (χ0v) is 20.8. The Bertz CT molecular complexity index is 1500. The summed E-state index contributed by atoms with van der Waals surface area (Å²) in [5.74, 6) is -0.948. The van der Waals surface area contributed by atoms with Gasteiger partial charge in [-0.15, -0.1) is 0 Å². The number of benzene rings is 2. The fraction of sp³-hybridized carbons (Fsp3) is 0.200. The Hall–Kier alpha value is -4.40. The van der Waals surface area contributed by atoms with Crippen molar-refractivity contribution in [3.8, 4) is 11.1 Å². The Morgan fingerprint density at radius 3 is 2.41 bits per heavy atom. The monoisotopic (exact) mass is 533 g/mol. The molecule has 0 fully saturated rings. The molecule has 2 aromatic heterocycles. The van der Waals surface area contributed by atoms with Crippen molar-refractivity contribution in [2.24, 2.45) is 5.16 Å². The summed E-state index contributed by atoms with van der Waals surface area (Å²) in [5.41, 5.74) is 3.43. The second-order valence-corrected chi connectivity index (χ2v) is 9.40. The van der Waals surface area contributed by atoms with Gasteiger partial charge in [0.1, 0.15) is 11.5 Å². The predicted octanol–water partition coefficient (Wildman–Crippen LogP) is 7.54. The summed E-state index contributed by atoms with van der Waals surface area (Å²) in [5, 5.41) is 4.25. The summed E-state index contributed by atoms with van der Waals surface area (Å²) in [7, 11) is 0. The van der Waals surface area contributed by atoms with Crippen LogP contribution < -0.4 is 0 Å². The molecule has 1 aliphatic heterocycles. The molecule has 2 atom stereocenters. The lowest BCUT2D eigenvalue weighted by molar-refractivity contribution is -0.141. The maximum atomic E-state index is 13.6. The van der Waals surface area contributed by atoms with E-state index in [9.17, 15) is 22.4 Å². The number of oxime groups is 1. The highest BCUT2D eigenvalue weighted by Gasteiger charge is 2.32. The lowest BCUT2D eigenvalue weighted by Gasteiger charge is -2.14. The van der Waals surface area contributed by atoms with Crippen LogP contribution in [0.5, 0.6) is 0 Å². The van der Waals surface area contributed by atoms with E-state index in [4.69, 9.17) is 4.84 Å². The molecule has 0 spiro atoms. The highest BCUT2D eigenvalue weighted by molar-refractivity contribution is 6.06. The number of ketones is 1. The second-order valence-electron chi connectivity index (χ2n) is 9.40. The average Bonchev–Trinajstić information content (AvgIpc) is 3.44. The minimum absolute atomic E-state index is 0.0545. The van der Waals surface area contributed by atoms with Crippen LogP contribution in [0.3, 0.4) is 0 Å². The number of rotatable bonds is 7. The van der Waals surface area contributed by atoms with Gasteiger partial charge in [0.15, 0.2) is 11.9 Å². The highest BCUT2D eigenvalue weighted by Crippen LogP contribution is 2.32. The van der Waals surface area contributed by atoms with Gasteiger partial charge in [-0.2, -0.15) is 13.2 Å². The van der Waals surface area contributed by atoms with Crippen LogP contribution in [-0.4, -0.2) is 21.5 Å². The number of halogens is 4. The number of hydrogen-bond acceptors (Lipinski definition) is 5. The van der Waals surface area contributed by atoms with E-state index >= 15 is 0 Å². The molecule has 0 bridgehead atoms. The highest BCUT2D eigenvalue weighted by atomic mass is 19.4. The summed E-state index contributed by atoms with van der Waals surface area (Å²) in [4.78, 5) is 26.9. The molecule has 0 saturated carbocycles. The van der Waals surface area contributed by atoms with Crippen LogP contribution in [-0.2, 0) is 11.0 Å². The maximum absolute atomic E-state index is 13.6. The van der Waals surface area contributed by atoms with Crippen molar-refractivity contribution in [3.05, 3.63) is 119 Å². The molecule has 1 aliphatic rings. The molecule has 39 heavy (non-hydrogen) atoms. The Kier molecular flexibility index (Phi) is 7.24. The van der Waals surface area contributed by atoms with Gasteiger partial charge in [-0.3, -0.25) is 14.8 Å². The third-order valence-electron chi connectivity index (χ3n) is 6.59. The lowest BCUT2D eigenvalue weighted by Crippen LogP contribution is -2.10. The van der Waals surface area contributed by atoms with E-state index in [1.54, 1.807) is 37.4 Å². The average molecular weight is 534 g/mol. The fourth-order valence-electron chi connectivity index (χ4n) is 4.42. The minimum Gasteiger partial charge on any atom is -0.385 e. The van der Waals surface area contributed by atoms with Crippen LogP contribution in [0.2, 0.25) is 0 Å². The van der Waals surface area contributed by atoms with E-state index in [1.165, 1.54) is 18.2 Å². The van der Waals surface area contributed by atoms with Crippen LogP contribution in [0, 0.1) is 5.82 Å². The number of Topliss-reactive ketones (excluding diaryl/α,β-unsaturated/α-hetero) is 1. The second kappa shape index (κ2) is 10.8. The number of hydrogen-bond donors (Lipinski definition) is 0. The Labute approximate surface area is 222 Å². The van der Waals surface area contributed by atoms with E-state index in [2.05, 4.69) is 15.1 Å². The largest absolute Gasteiger partial charge is 0.433 e. The third kappa shape index (κ3) is 6.03. The Morgan fingerprint density at radius 2 is 1.74 bits per heavy atom. The molecule has 0 amide bonds. The molecule has 0 saturated heterocycles. The first-order valence-corrected chi connectivity index (χ1v) is 12.3. The van der Waals surface area contributed by atoms with Gasteiger partial charge < -0.3 is 4.84 Å². The first-order valence-electron chi connectivity index (χ1n) is 12.3. The third-order valence-corrected chi connectivity index (χ3v) is 6.59. The lowest BCUT2D eigenvalue weighted by atomic mass is 9.90. The van der Waals surface area contributed by atoms with E-state index in [-0.39, 0.29) is 30.0 Å². The van der Waals surface area contributed by atoms with Crippen LogP contribution in [0.4, 0.5) is 17.6 Å². The van der Waals surface area contributed by atoms with Gasteiger partial charge in [-0.1, -0.05) is 36.3 Å². The topological polar surface area (TPSA) is 64.4 Å². The van der Waals surface area contributed by atoms with Crippen LogP contribution in [0.1, 0.15) is 64.7 Å². The molecule has 4 aromatic rings. The molecule has 3 heterocycles. The maximum Gasteiger partial charge on any atom is 0.433 e. The molecule has 5 nitrogen and oxygen atoms in total. The Morgan fingerprint density at radius 1 is 0.974 bits per heavy atom. The van der Waals surface area contributed by atoms with Gasteiger partial charge >= 0.3 is 6.18 Å². The number of aromatic nitrogens is 2. The quantitative estimate of drug-likeness (QED) is 0.182. The summed E-state index contributed by atoms with van der Waals surface area (Å²) in [6.07, 6.45) is -1.55. The van der Waals surface area contributed by atoms with Gasteiger partial charge in [0, 0.05) is 36.4 Å². The summed E-state index contributed by atoms with van der Waals surface area (Å²) >= 11 is 0. The van der Waals surface area contributed by atoms with Crippen LogP contribution >= 0.6 is 0 Å². The SMILES string of the molecule is C[C@@H](CC(=O)c1cc(C2=NOC(c3ccccn3)C2)cc(-c2ccc(F)cc2)c1)c1ccc(C(F)(F)F)nc1. The van der Waals surface area contributed by atoms with Gasteiger partial charge in [0.05, 0.1) is 11.4 Å². The van der Waals surface area contributed by atoms with Crippen molar-refractivity contribution in [3.63, 3.8) is 0 Å². The molecule has 9 heteroatoms. The molecule has 0 radical (unpaired) electrons. The molecule has 0 N–H and O–H groups in total. The van der Waals surface area contributed by atoms with Crippen molar-refractivity contribution in [2.75, 3.05) is 0 Å². The summed E-state index contributed by atoms with van der Waals surface area (Å²) < 4.78 is 52.2. The van der Waals surface area contributed by atoms with Crippen molar-refractivity contribution >= 4 is 11.5 Å². The standard InChI is InChI=1S/C30H23F4N3O2/c1-18(20-7-10-29(36-17-20)30(32,33)34)12-27(38)23-14-21(19-5-8-24(31)9-6-19)13-22(15-23)26-16-28(39-37-26)25-4-2-3-11-35-25/h2-11,13-15,17-18,28H,12,16H2,1H3/t18-,28?/m0/s1. The van der Waals surface area contributed by atoms with Gasteiger partial charge in [-0.05, 0) is 71.1 Å². The van der Waals surface area contributed by atoms with Crippen molar-refractivity contribution < 1.29 is 27.2 Å². The number of pyridine rings is 2.